The smallest absolute Gasteiger partial charge is 0.263 e. The van der Waals surface area contributed by atoms with Crippen LogP contribution in [0.25, 0.3) is 0 Å². The molecule has 1 rings (SSSR count). The summed E-state index contributed by atoms with van der Waals surface area (Å²) in [6.45, 7) is 5.68. The van der Waals surface area contributed by atoms with Crippen molar-refractivity contribution < 1.29 is 25.8 Å². The van der Waals surface area contributed by atoms with E-state index in [0.717, 1.165) is 0 Å². The van der Waals surface area contributed by atoms with Crippen molar-refractivity contribution in [2.24, 2.45) is 10.2 Å². The molecule has 1 aliphatic rings. The predicted molar refractivity (Wildman–Crippen MR) is 73.5 cm³/mol. The molecule has 0 unspecified atom stereocenters. The largest absolute Gasteiger partial charge is 0.523 e. The summed E-state index contributed by atoms with van der Waals surface area (Å²) in [5.41, 5.74) is -3.07. The second-order valence-corrected chi connectivity index (χ2v) is 12.1. The number of rotatable bonds is 6. The van der Waals surface area contributed by atoms with Crippen LogP contribution in [-0.2, 0) is 14.3 Å². The summed E-state index contributed by atoms with van der Waals surface area (Å²) in [5.74, 6) is 3.01. The van der Waals surface area contributed by atoms with Crippen LogP contribution in [0.15, 0.2) is 10.2 Å². The SMILES string of the molecule is C[Si](C)(C)C#CCCC1(CCOS(=O)(=O)C(F)(F)F)N=N1. The molecule has 0 amide bonds. The minimum Gasteiger partial charge on any atom is -0.263 e. The third-order valence-corrected chi connectivity index (χ3v) is 4.49. The van der Waals surface area contributed by atoms with Crippen LogP contribution in [0.5, 0.6) is 0 Å². The molecule has 10 heteroatoms. The second kappa shape index (κ2) is 6.06. The van der Waals surface area contributed by atoms with Crippen molar-refractivity contribution in [2.45, 2.75) is 50.1 Å². The highest BCUT2D eigenvalue weighted by atomic mass is 32.2. The number of alkyl halides is 3. The fourth-order valence-corrected chi connectivity index (χ4v) is 2.46. The summed E-state index contributed by atoms with van der Waals surface area (Å²) in [4.78, 5) is 0. The van der Waals surface area contributed by atoms with Gasteiger partial charge < -0.3 is 0 Å². The van der Waals surface area contributed by atoms with Gasteiger partial charge in [-0.15, -0.1) is 11.5 Å². The molecule has 0 N–H and O–H groups in total. The summed E-state index contributed by atoms with van der Waals surface area (Å²) < 4.78 is 61.5. The van der Waals surface area contributed by atoms with Crippen LogP contribution >= 0.6 is 0 Å². The lowest BCUT2D eigenvalue weighted by Crippen LogP contribution is -2.27. The summed E-state index contributed by atoms with van der Waals surface area (Å²) >= 11 is 0. The average molecular weight is 342 g/mol. The van der Waals surface area contributed by atoms with Gasteiger partial charge in [-0.2, -0.15) is 31.8 Å². The fourth-order valence-electron chi connectivity index (χ4n) is 1.37. The Balaban J connectivity index is 2.37. The van der Waals surface area contributed by atoms with Gasteiger partial charge in [0.15, 0.2) is 5.66 Å². The lowest BCUT2D eigenvalue weighted by molar-refractivity contribution is -0.0544. The van der Waals surface area contributed by atoms with Gasteiger partial charge >= 0.3 is 15.6 Å². The molecule has 0 aliphatic carbocycles. The van der Waals surface area contributed by atoms with E-state index in [4.69, 9.17) is 0 Å². The van der Waals surface area contributed by atoms with E-state index in [1.165, 1.54) is 0 Å². The van der Waals surface area contributed by atoms with Crippen molar-refractivity contribution in [2.75, 3.05) is 6.61 Å². The van der Waals surface area contributed by atoms with E-state index in [2.05, 4.69) is 45.5 Å². The second-order valence-electron chi connectivity index (χ2n) is 5.71. The van der Waals surface area contributed by atoms with Crippen LogP contribution in [0, 0.1) is 11.5 Å². The Hall–Kier alpha value is -0.923. The van der Waals surface area contributed by atoms with Gasteiger partial charge in [-0.25, -0.2) is 0 Å². The van der Waals surface area contributed by atoms with Crippen LogP contribution in [-0.4, -0.2) is 34.3 Å². The molecule has 0 radical (unpaired) electrons. The quantitative estimate of drug-likeness (QED) is 0.322. The van der Waals surface area contributed by atoms with E-state index in [-0.39, 0.29) is 6.42 Å². The Morgan fingerprint density at radius 2 is 1.76 bits per heavy atom. The fraction of sp³-hybridized carbons (Fsp3) is 0.818. The van der Waals surface area contributed by atoms with Gasteiger partial charge in [-0.1, -0.05) is 19.6 Å². The van der Waals surface area contributed by atoms with Crippen molar-refractivity contribution >= 4 is 18.2 Å². The Morgan fingerprint density at radius 1 is 1.19 bits per heavy atom. The van der Waals surface area contributed by atoms with Crippen LogP contribution in [0.2, 0.25) is 19.6 Å². The Bertz CT molecular complexity index is 564. The van der Waals surface area contributed by atoms with E-state index < -0.39 is 36.0 Å². The molecule has 120 valence electrons. The molecular formula is C11H17F3N2O3SSi. The molecule has 0 fully saturated rings. The molecule has 0 saturated heterocycles. The van der Waals surface area contributed by atoms with E-state index in [0.29, 0.717) is 12.8 Å². The standard InChI is InChI=1S/C11H17F3N2O3SSi/c1-21(2,3)9-5-4-6-10(15-16-10)7-8-19-20(17,18)11(12,13)14/h4,6-8H2,1-3H3. The van der Waals surface area contributed by atoms with E-state index in [1.807, 2.05) is 0 Å². The minimum atomic E-state index is -5.54. The highest BCUT2D eigenvalue weighted by molar-refractivity contribution is 7.87. The third kappa shape index (κ3) is 6.15. The molecule has 0 saturated carbocycles. The monoisotopic (exact) mass is 342 g/mol. The van der Waals surface area contributed by atoms with E-state index in [9.17, 15) is 21.6 Å². The number of nitrogens with zero attached hydrogens (tertiary/aromatic N) is 2. The molecule has 0 aromatic heterocycles. The molecule has 5 nitrogen and oxygen atoms in total. The van der Waals surface area contributed by atoms with Crippen molar-refractivity contribution in [3.63, 3.8) is 0 Å². The molecule has 1 heterocycles. The zero-order valence-electron chi connectivity index (χ0n) is 12.0. The number of halogens is 3. The Kier molecular flexibility index (Phi) is 5.23. The summed E-state index contributed by atoms with van der Waals surface area (Å²) in [6.07, 6.45) is 0.972. The van der Waals surface area contributed by atoms with E-state index in [1.54, 1.807) is 0 Å². The topological polar surface area (TPSA) is 68.1 Å². The van der Waals surface area contributed by atoms with Crippen molar-refractivity contribution in [1.82, 2.24) is 0 Å². The van der Waals surface area contributed by atoms with Crippen molar-refractivity contribution in [1.29, 1.82) is 0 Å². The maximum atomic E-state index is 12.1. The first-order chi connectivity index (χ1) is 9.37. The van der Waals surface area contributed by atoms with Crippen LogP contribution in [0.1, 0.15) is 19.3 Å². The van der Waals surface area contributed by atoms with Crippen molar-refractivity contribution in [3.8, 4) is 11.5 Å². The molecule has 21 heavy (non-hydrogen) atoms. The highest BCUT2D eigenvalue weighted by Gasteiger charge is 2.48. The van der Waals surface area contributed by atoms with Gasteiger partial charge in [0.05, 0.1) is 6.61 Å². The summed E-state index contributed by atoms with van der Waals surface area (Å²) in [6, 6.07) is 0. The highest BCUT2D eigenvalue weighted by Crippen LogP contribution is 2.37. The molecule has 0 atom stereocenters. The zero-order chi connectivity index (χ0) is 16.4. The molecule has 0 aromatic carbocycles. The van der Waals surface area contributed by atoms with Crippen LogP contribution in [0.3, 0.4) is 0 Å². The van der Waals surface area contributed by atoms with Gasteiger partial charge in [0.25, 0.3) is 0 Å². The van der Waals surface area contributed by atoms with Gasteiger partial charge in [-0.3, -0.25) is 4.18 Å². The predicted octanol–water partition coefficient (Wildman–Crippen LogP) is 3.07. The zero-order valence-corrected chi connectivity index (χ0v) is 13.8. The van der Waals surface area contributed by atoms with Crippen molar-refractivity contribution in [3.05, 3.63) is 0 Å². The molecule has 0 bridgehead atoms. The average Bonchev–Trinajstić information content (AvgIpc) is 3.02. The third-order valence-electron chi connectivity index (χ3n) is 2.52. The summed E-state index contributed by atoms with van der Waals surface area (Å²) in [5, 5.41) is 7.52. The minimum absolute atomic E-state index is 0.00304. The number of hydrogen-bond donors (Lipinski definition) is 0. The Labute approximate surface area is 123 Å². The normalized spacial score (nSPS) is 17.2. The van der Waals surface area contributed by atoms with E-state index >= 15 is 0 Å². The van der Waals surface area contributed by atoms with Crippen LogP contribution < -0.4 is 0 Å². The summed E-state index contributed by atoms with van der Waals surface area (Å²) in [7, 11) is -7.00. The van der Waals surface area contributed by atoms with Gasteiger partial charge in [0.2, 0.25) is 0 Å². The molecular weight excluding hydrogens is 325 g/mol. The van der Waals surface area contributed by atoms with Gasteiger partial charge in [0.1, 0.15) is 8.07 Å². The maximum Gasteiger partial charge on any atom is 0.523 e. The first kappa shape index (κ1) is 18.1. The maximum absolute atomic E-state index is 12.1. The Morgan fingerprint density at radius 3 is 2.19 bits per heavy atom. The van der Waals surface area contributed by atoms with Gasteiger partial charge in [0, 0.05) is 19.3 Å². The van der Waals surface area contributed by atoms with Crippen LogP contribution in [0.4, 0.5) is 13.2 Å². The first-order valence-corrected chi connectivity index (χ1v) is 11.2. The molecule has 1 aliphatic heterocycles. The first-order valence-electron chi connectivity index (χ1n) is 6.27. The lowest BCUT2D eigenvalue weighted by Gasteiger charge is -2.11. The van der Waals surface area contributed by atoms with Gasteiger partial charge in [-0.05, 0) is 0 Å². The molecule has 0 aromatic rings. The number of hydrogen-bond acceptors (Lipinski definition) is 5. The molecule has 0 spiro atoms. The lowest BCUT2D eigenvalue weighted by atomic mass is 10.1.